The standard InChI is InChI=1S/C14H21ClN2O/c1-18-14(6-3-2-4-7-14)13(16)9-11-5-8-17-10-12(11)15/h5,8,10,13H,2-4,6-7,9,16H2,1H3. The number of hydrogen-bond donors (Lipinski definition) is 1. The molecule has 1 saturated carbocycles. The molecule has 0 aromatic carbocycles. The third-order valence-corrected chi connectivity index (χ3v) is 4.42. The van der Waals surface area contributed by atoms with Gasteiger partial charge in [-0.15, -0.1) is 0 Å². The SMILES string of the molecule is COC1(C(N)Cc2ccncc2Cl)CCCCC1. The Labute approximate surface area is 114 Å². The molecule has 0 bridgehead atoms. The van der Waals surface area contributed by atoms with E-state index >= 15 is 0 Å². The number of pyridine rings is 1. The lowest BCUT2D eigenvalue weighted by Crippen LogP contribution is -2.51. The summed E-state index contributed by atoms with van der Waals surface area (Å²) in [5.41, 5.74) is 7.27. The highest BCUT2D eigenvalue weighted by molar-refractivity contribution is 6.31. The fourth-order valence-corrected chi connectivity index (χ4v) is 3.07. The topological polar surface area (TPSA) is 48.1 Å². The van der Waals surface area contributed by atoms with Crippen LogP contribution in [0.15, 0.2) is 18.5 Å². The molecule has 3 nitrogen and oxygen atoms in total. The smallest absolute Gasteiger partial charge is 0.0832 e. The van der Waals surface area contributed by atoms with Gasteiger partial charge in [-0.25, -0.2) is 0 Å². The van der Waals surface area contributed by atoms with Crippen LogP contribution < -0.4 is 5.73 Å². The van der Waals surface area contributed by atoms with Crippen LogP contribution in [0.4, 0.5) is 0 Å². The lowest BCUT2D eigenvalue weighted by molar-refractivity contribution is -0.0582. The van der Waals surface area contributed by atoms with Gasteiger partial charge < -0.3 is 10.5 Å². The summed E-state index contributed by atoms with van der Waals surface area (Å²) in [7, 11) is 1.78. The molecular formula is C14H21ClN2O. The molecule has 0 radical (unpaired) electrons. The van der Waals surface area contributed by atoms with Gasteiger partial charge in [0.25, 0.3) is 0 Å². The molecule has 2 rings (SSSR count). The Balaban J connectivity index is 2.10. The average Bonchev–Trinajstić information content (AvgIpc) is 2.42. The van der Waals surface area contributed by atoms with Gasteiger partial charge in [-0.2, -0.15) is 0 Å². The molecule has 1 atom stereocenters. The first-order valence-corrected chi connectivity index (χ1v) is 6.95. The zero-order valence-electron chi connectivity index (χ0n) is 10.9. The van der Waals surface area contributed by atoms with Gasteiger partial charge in [-0.1, -0.05) is 30.9 Å². The molecule has 0 amide bonds. The van der Waals surface area contributed by atoms with Gasteiger partial charge in [0.05, 0.1) is 10.6 Å². The van der Waals surface area contributed by atoms with Crippen molar-refractivity contribution in [3.63, 3.8) is 0 Å². The molecule has 1 heterocycles. The van der Waals surface area contributed by atoms with Gasteiger partial charge >= 0.3 is 0 Å². The van der Waals surface area contributed by atoms with Crippen LogP contribution in [0.2, 0.25) is 5.02 Å². The second-order valence-electron chi connectivity index (χ2n) is 5.11. The Morgan fingerprint density at radius 1 is 1.44 bits per heavy atom. The van der Waals surface area contributed by atoms with Crippen LogP contribution in [0, 0.1) is 0 Å². The maximum atomic E-state index is 6.39. The fraction of sp³-hybridized carbons (Fsp3) is 0.643. The van der Waals surface area contributed by atoms with Crippen LogP contribution in [-0.2, 0) is 11.2 Å². The molecule has 1 unspecified atom stereocenters. The lowest BCUT2D eigenvalue weighted by atomic mass is 9.77. The highest BCUT2D eigenvalue weighted by atomic mass is 35.5. The van der Waals surface area contributed by atoms with Crippen molar-refractivity contribution in [2.45, 2.75) is 50.2 Å². The summed E-state index contributed by atoms with van der Waals surface area (Å²) >= 11 is 6.14. The van der Waals surface area contributed by atoms with Gasteiger partial charge in [0.2, 0.25) is 0 Å². The van der Waals surface area contributed by atoms with E-state index in [0.29, 0.717) is 5.02 Å². The first-order chi connectivity index (χ1) is 8.68. The van der Waals surface area contributed by atoms with Crippen LogP contribution in [0.5, 0.6) is 0 Å². The van der Waals surface area contributed by atoms with E-state index in [4.69, 9.17) is 22.1 Å². The Bertz CT molecular complexity index is 391. The van der Waals surface area contributed by atoms with Gasteiger partial charge in [0.15, 0.2) is 0 Å². The predicted octanol–water partition coefficient (Wildman–Crippen LogP) is 2.95. The first kappa shape index (κ1) is 13.8. The largest absolute Gasteiger partial charge is 0.377 e. The number of nitrogens with zero attached hydrogens (tertiary/aromatic N) is 1. The molecule has 4 heteroatoms. The highest BCUT2D eigenvalue weighted by Crippen LogP contribution is 2.34. The second kappa shape index (κ2) is 6.00. The minimum atomic E-state index is -0.176. The van der Waals surface area contributed by atoms with E-state index < -0.39 is 0 Å². The van der Waals surface area contributed by atoms with Crippen LogP contribution in [0.25, 0.3) is 0 Å². The Morgan fingerprint density at radius 2 is 2.17 bits per heavy atom. The minimum Gasteiger partial charge on any atom is -0.377 e. The number of methoxy groups -OCH3 is 1. The summed E-state index contributed by atoms with van der Waals surface area (Å²) in [6, 6.07) is 1.93. The first-order valence-electron chi connectivity index (χ1n) is 6.57. The van der Waals surface area contributed by atoms with Crippen LogP contribution in [0.3, 0.4) is 0 Å². The van der Waals surface area contributed by atoms with E-state index in [1.165, 1.54) is 19.3 Å². The monoisotopic (exact) mass is 268 g/mol. The van der Waals surface area contributed by atoms with Gasteiger partial charge in [0.1, 0.15) is 0 Å². The van der Waals surface area contributed by atoms with E-state index in [0.717, 1.165) is 24.8 Å². The molecular weight excluding hydrogens is 248 g/mol. The summed E-state index contributed by atoms with van der Waals surface area (Å²) in [4.78, 5) is 4.00. The number of hydrogen-bond acceptors (Lipinski definition) is 3. The van der Waals surface area contributed by atoms with E-state index in [1.807, 2.05) is 6.07 Å². The molecule has 0 saturated heterocycles. The maximum absolute atomic E-state index is 6.39. The third kappa shape index (κ3) is 2.85. The molecule has 1 fully saturated rings. The maximum Gasteiger partial charge on any atom is 0.0832 e. The summed E-state index contributed by atoms with van der Waals surface area (Å²) in [5.74, 6) is 0. The van der Waals surface area contributed by atoms with Crippen molar-refractivity contribution in [3.8, 4) is 0 Å². The second-order valence-corrected chi connectivity index (χ2v) is 5.51. The van der Waals surface area contributed by atoms with Gasteiger partial charge in [-0.3, -0.25) is 4.98 Å². The Hall–Kier alpha value is -0.640. The fourth-order valence-electron chi connectivity index (χ4n) is 2.87. The van der Waals surface area contributed by atoms with Gasteiger partial charge in [0, 0.05) is 25.5 Å². The molecule has 1 aliphatic carbocycles. The Kier molecular flexibility index (Phi) is 4.60. The molecule has 1 aliphatic rings. The van der Waals surface area contributed by atoms with E-state index in [9.17, 15) is 0 Å². The van der Waals surface area contributed by atoms with Crippen LogP contribution in [0.1, 0.15) is 37.7 Å². The van der Waals surface area contributed by atoms with E-state index in [2.05, 4.69) is 4.98 Å². The van der Waals surface area contributed by atoms with E-state index in [-0.39, 0.29) is 11.6 Å². The highest BCUT2D eigenvalue weighted by Gasteiger charge is 2.38. The number of ether oxygens (including phenoxy) is 1. The summed E-state index contributed by atoms with van der Waals surface area (Å²) in [5, 5.41) is 0.690. The molecule has 18 heavy (non-hydrogen) atoms. The molecule has 1 aromatic heterocycles. The average molecular weight is 269 g/mol. The Morgan fingerprint density at radius 3 is 2.78 bits per heavy atom. The number of rotatable bonds is 4. The van der Waals surface area contributed by atoms with Crippen molar-refractivity contribution in [1.29, 1.82) is 0 Å². The molecule has 2 N–H and O–H groups in total. The van der Waals surface area contributed by atoms with Crippen molar-refractivity contribution < 1.29 is 4.74 Å². The molecule has 0 aliphatic heterocycles. The van der Waals surface area contributed by atoms with Crippen molar-refractivity contribution in [2.24, 2.45) is 5.73 Å². The van der Waals surface area contributed by atoms with E-state index in [1.54, 1.807) is 19.5 Å². The van der Waals surface area contributed by atoms with Crippen LogP contribution in [-0.4, -0.2) is 23.7 Å². The minimum absolute atomic E-state index is 0.0114. The number of halogens is 1. The number of nitrogens with two attached hydrogens (primary N) is 1. The normalized spacial score (nSPS) is 20.6. The van der Waals surface area contributed by atoms with Crippen molar-refractivity contribution in [2.75, 3.05) is 7.11 Å². The quantitative estimate of drug-likeness (QED) is 0.913. The zero-order chi connectivity index (χ0) is 13.0. The summed E-state index contributed by atoms with van der Waals surface area (Å²) in [6.45, 7) is 0. The van der Waals surface area contributed by atoms with Crippen molar-refractivity contribution in [1.82, 2.24) is 4.98 Å². The summed E-state index contributed by atoms with van der Waals surface area (Å²) < 4.78 is 5.77. The molecule has 100 valence electrons. The zero-order valence-corrected chi connectivity index (χ0v) is 11.6. The number of aromatic nitrogens is 1. The van der Waals surface area contributed by atoms with Crippen LogP contribution >= 0.6 is 11.6 Å². The van der Waals surface area contributed by atoms with Crippen molar-refractivity contribution in [3.05, 3.63) is 29.0 Å². The third-order valence-electron chi connectivity index (χ3n) is 4.08. The molecule has 1 aromatic rings. The van der Waals surface area contributed by atoms with Crippen molar-refractivity contribution >= 4 is 11.6 Å². The molecule has 0 spiro atoms. The summed E-state index contributed by atoms with van der Waals surface area (Å²) in [6.07, 6.45) is 9.96. The predicted molar refractivity (Wildman–Crippen MR) is 73.8 cm³/mol. The van der Waals surface area contributed by atoms with Gasteiger partial charge in [-0.05, 0) is 30.9 Å². The lowest BCUT2D eigenvalue weighted by Gasteiger charge is -2.41.